The molecule has 1 unspecified atom stereocenters. The van der Waals surface area contributed by atoms with Gasteiger partial charge in [0, 0.05) is 42.0 Å². The van der Waals surface area contributed by atoms with Crippen molar-refractivity contribution >= 4 is 17.3 Å². The second kappa shape index (κ2) is 18.3. The maximum Gasteiger partial charge on any atom is 0.272 e. The molecule has 0 fully saturated rings. The van der Waals surface area contributed by atoms with Crippen molar-refractivity contribution in [3.05, 3.63) is 82.7 Å². The molecule has 7 nitrogen and oxygen atoms in total. The number of nitriles is 1. The minimum Gasteiger partial charge on any atom is -0.487 e. The number of amides is 1. The maximum atomic E-state index is 14.7. The van der Waals surface area contributed by atoms with E-state index in [1.807, 2.05) is 20.8 Å². The average molecular weight is 621 g/mol. The second-order valence-corrected chi connectivity index (χ2v) is 9.35. The number of hydrogen-bond donors (Lipinski definition) is 3. The zero-order valence-electron chi connectivity index (χ0n) is 25.0. The first-order chi connectivity index (χ1) is 21.1. The third-order valence-corrected chi connectivity index (χ3v) is 6.09. The molecule has 0 saturated heterocycles. The van der Waals surface area contributed by atoms with Gasteiger partial charge < -0.3 is 25.4 Å². The van der Waals surface area contributed by atoms with E-state index in [4.69, 9.17) is 14.7 Å². The van der Waals surface area contributed by atoms with Crippen LogP contribution in [0.5, 0.6) is 11.5 Å². The van der Waals surface area contributed by atoms with Gasteiger partial charge in [0.1, 0.15) is 19.0 Å². The summed E-state index contributed by atoms with van der Waals surface area (Å²) in [5, 5.41) is 17.7. The number of anilines is 2. The highest BCUT2D eigenvalue weighted by Crippen LogP contribution is 2.30. The Morgan fingerprint density at radius 3 is 2.18 bits per heavy atom. The normalized spacial score (nSPS) is 11.3. The lowest BCUT2D eigenvalue weighted by Gasteiger charge is -2.19. The molecule has 0 aliphatic rings. The summed E-state index contributed by atoms with van der Waals surface area (Å²) in [7, 11) is 1.59. The van der Waals surface area contributed by atoms with Gasteiger partial charge in [0.15, 0.2) is 11.6 Å². The SMILES string of the molecule is CC.CNCc1cc(NC(=O)CCc2cc(C(C)Nc3ccc(C#N)cc3)ccc2OCC(F)F)cc(F)c1OCC(F)F. The highest BCUT2D eigenvalue weighted by molar-refractivity contribution is 5.91. The van der Waals surface area contributed by atoms with Crippen LogP contribution in [0.15, 0.2) is 54.6 Å². The summed E-state index contributed by atoms with van der Waals surface area (Å²) in [5.74, 6) is -1.51. The Balaban J connectivity index is 0.00000330. The van der Waals surface area contributed by atoms with Gasteiger partial charge in [0.05, 0.1) is 11.6 Å². The number of hydrogen-bond acceptors (Lipinski definition) is 6. The van der Waals surface area contributed by atoms with Crippen molar-refractivity contribution < 1.29 is 36.2 Å². The fourth-order valence-electron chi connectivity index (χ4n) is 4.16. The predicted octanol–water partition coefficient (Wildman–Crippen LogP) is 7.48. The van der Waals surface area contributed by atoms with Crippen LogP contribution in [0.4, 0.5) is 33.3 Å². The van der Waals surface area contributed by atoms with Crippen molar-refractivity contribution in [1.29, 1.82) is 5.26 Å². The molecule has 1 amide bonds. The van der Waals surface area contributed by atoms with E-state index in [2.05, 4.69) is 22.0 Å². The van der Waals surface area contributed by atoms with Crippen molar-refractivity contribution in [3.63, 3.8) is 0 Å². The molecule has 0 saturated carbocycles. The summed E-state index contributed by atoms with van der Waals surface area (Å²) < 4.78 is 75.7. The Morgan fingerprint density at radius 2 is 1.57 bits per heavy atom. The van der Waals surface area contributed by atoms with Gasteiger partial charge in [0.2, 0.25) is 5.91 Å². The molecule has 0 heterocycles. The topological polar surface area (TPSA) is 95.4 Å². The molecule has 3 aromatic carbocycles. The summed E-state index contributed by atoms with van der Waals surface area (Å²) in [6.07, 6.45) is -5.43. The number of carbonyl (C=O) groups is 1. The first-order valence-corrected chi connectivity index (χ1v) is 14.1. The molecule has 3 N–H and O–H groups in total. The quantitative estimate of drug-likeness (QED) is 0.153. The number of carbonyl (C=O) groups excluding carboxylic acids is 1. The second-order valence-electron chi connectivity index (χ2n) is 9.35. The van der Waals surface area contributed by atoms with Gasteiger partial charge in [-0.25, -0.2) is 22.0 Å². The van der Waals surface area contributed by atoms with Gasteiger partial charge in [-0.2, -0.15) is 5.26 Å². The third kappa shape index (κ3) is 11.4. The number of aryl methyl sites for hydroxylation is 1. The van der Waals surface area contributed by atoms with E-state index < -0.39 is 37.8 Å². The third-order valence-electron chi connectivity index (χ3n) is 6.09. The van der Waals surface area contributed by atoms with Crippen molar-refractivity contribution in [3.8, 4) is 17.6 Å². The molecule has 44 heavy (non-hydrogen) atoms. The first-order valence-electron chi connectivity index (χ1n) is 14.1. The van der Waals surface area contributed by atoms with Gasteiger partial charge in [0.25, 0.3) is 12.9 Å². The van der Waals surface area contributed by atoms with E-state index in [0.29, 0.717) is 11.1 Å². The number of benzene rings is 3. The van der Waals surface area contributed by atoms with E-state index >= 15 is 0 Å². The average Bonchev–Trinajstić information content (AvgIpc) is 3.00. The van der Waals surface area contributed by atoms with Gasteiger partial charge >= 0.3 is 0 Å². The lowest BCUT2D eigenvalue weighted by Crippen LogP contribution is -2.16. The van der Waals surface area contributed by atoms with Crippen molar-refractivity contribution in [2.45, 2.75) is 59.1 Å². The Morgan fingerprint density at radius 1 is 0.909 bits per heavy atom. The molecule has 1 atom stereocenters. The zero-order chi connectivity index (χ0) is 32.6. The van der Waals surface area contributed by atoms with E-state index in [0.717, 1.165) is 17.3 Å². The number of alkyl halides is 4. The minimum atomic E-state index is -2.78. The van der Waals surface area contributed by atoms with Gasteiger partial charge in [-0.1, -0.05) is 26.0 Å². The Kier molecular flexibility index (Phi) is 14.9. The fourth-order valence-corrected chi connectivity index (χ4v) is 4.16. The minimum absolute atomic E-state index is 0.0848. The molecule has 3 rings (SSSR count). The summed E-state index contributed by atoms with van der Waals surface area (Å²) in [5.41, 5.74) is 2.97. The Hall–Kier alpha value is -4.37. The molecule has 0 spiro atoms. The monoisotopic (exact) mass is 620 g/mol. The zero-order valence-corrected chi connectivity index (χ0v) is 25.0. The molecule has 3 aromatic rings. The first kappa shape index (κ1) is 35.8. The van der Waals surface area contributed by atoms with Gasteiger partial charge in [-0.05, 0) is 67.9 Å². The molecule has 238 valence electrons. The number of halogens is 5. The predicted molar refractivity (Wildman–Crippen MR) is 160 cm³/mol. The van der Waals surface area contributed by atoms with Crippen LogP contribution in [0.1, 0.15) is 55.5 Å². The fraction of sp³-hybridized carbons (Fsp3) is 0.375. The van der Waals surface area contributed by atoms with Crippen molar-refractivity contribution in [2.75, 3.05) is 30.9 Å². The summed E-state index contributed by atoms with van der Waals surface area (Å²) in [6, 6.07) is 16.2. The van der Waals surface area contributed by atoms with Crippen molar-refractivity contribution in [2.24, 2.45) is 0 Å². The van der Waals surface area contributed by atoms with Gasteiger partial charge in [-0.15, -0.1) is 0 Å². The van der Waals surface area contributed by atoms with Crippen LogP contribution < -0.4 is 25.4 Å². The van der Waals surface area contributed by atoms with Crippen LogP contribution >= 0.6 is 0 Å². The number of rotatable bonds is 15. The van der Waals surface area contributed by atoms with E-state index in [1.54, 1.807) is 49.5 Å². The summed E-state index contributed by atoms with van der Waals surface area (Å²) in [4.78, 5) is 12.8. The Bertz CT molecular complexity index is 1380. The highest BCUT2D eigenvalue weighted by Gasteiger charge is 2.17. The van der Waals surface area contributed by atoms with Crippen LogP contribution in [0, 0.1) is 17.1 Å². The lowest BCUT2D eigenvalue weighted by molar-refractivity contribution is -0.116. The van der Waals surface area contributed by atoms with E-state index in [-0.39, 0.29) is 48.2 Å². The summed E-state index contributed by atoms with van der Waals surface area (Å²) >= 11 is 0. The molecule has 0 aliphatic heterocycles. The van der Waals surface area contributed by atoms with Crippen LogP contribution in [0.2, 0.25) is 0 Å². The molecule has 0 aromatic heterocycles. The highest BCUT2D eigenvalue weighted by atomic mass is 19.3. The standard InChI is InChI=1S/C30H31F5N4O3.C2H6/c1-18(38-23-7-3-19(14-36)4-8-23)20-5-9-26(41-16-27(32)33)21(11-20)6-10-29(40)39-24-12-22(15-37-2)30(25(31)13-24)42-17-28(34)35;1-2/h3-5,7-9,11-13,18,27-28,37-38H,6,10,15-17H2,1-2H3,(H,39,40);1-2H3. The molecule has 0 aliphatic carbocycles. The van der Waals surface area contributed by atoms with Gasteiger partial charge in [-0.3, -0.25) is 4.79 Å². The molecule has 0 radical (unpaired) electrons. The number of nitrogens with zero attached hydrogens (tertiary/aromatic N) is 1. The van der Waals surface area contributed by atoms with Crippen LogP contribution in [-0.4, -0.2) is 39.0 Å². The number of nitrogens with one attached hydrogen (secondary N) is 3. The van der Waals surface area contributed by atoms with E-state index in [1.165, 1.54) is 6.07 Å². The van der Waals surface area contributed by atoms with Crippen LogP contribution in [-0.2, 0) is 17.8 Å². The largest absolute Gasteiger partial charge is 0.487 e. The molecule has 12 heteroatoms. The lowest BCUT2D eigenvalue weighted by atomic mass is 10.0. The molecular formula is C32H37F5N4O3. The summed E-state index contributed by atoms with van der Waals surface area (Å²) in [6.45, 7) is 4.21. The van der Waals surface area contributed by atoms with Crippen LogP contribution in [0.25, 0.3) is 0 Å². The molecular weight excluding hydrogens is 583 g/mol. The van der Waals surface area contributed by atoms with Crippen molar-refractivity contribution in [1.82, 2.24) is 5.32 Å². The number of ether oxygens (including phenoxy) is 2. The Labute approximate surface area is 254 Å². The smallest absolute Gasteiger partial charge is 0.272 e. The maximum absolute atomic E-state index is 14.7. The van der Waals surface area contributed by atoms with Crippen LogP contribution in [0.3, 0.4) is 0 Å². The van der Waals surface area contributed by atoms with E-state index in [9.17, 15) is 26.7 Å². The molecule has 0 bridgehead atoms.